The van der Waals surface area contributed by atoms with Crippen LogP contribution in [0.15, 0.2) is 18.3 Å². The van der Waals surface area contributed by atoms with Gasteiger partial charge >= 0.3 is 0 Å². The highest BCUT2D eigenvalue weighted by atomic mass is 16.5. The minimum absolute atomic E-state index is 0.0931. The smallest absolute Gasteiger partial charge is 0.246 e. The second-order valence-electron chi connectivity index (χ2n) is 4.01. The van der Waals surface area contributed by atoms with E-state index in [1.807, 2.05) is 19.1 Å². The molecule has 1 aromatic heterocycles. The normalized spacial score (nSPS) is 10.2. The number of ether oxygens (including phenoxy) is 1. The van der Waals surface area contributed by atoms with Crippen molar-refractivity contribution in [3.8, 4) is 0 Å². The zero-order valence-corrected chi connectivity index (χ0v) is 10.5. The highest BCUT2D eigenvalue weighted by Gasteiger charge is 2.01. The monoisotopic (exact) mass is 236 g/mol. The Morgan fingerprint density at radius 3 is 3.06 bits per heavy atom. The van der Waals surface area contributed by atoms with E-state index in [1.54, 1.807) is 6.20 Å². The molecule has 0 aromatic carbocycles. The topological polar surface area (TPSA) is 51.2 Å². The van der Waals surface area contributed by atoms with E-state index in [9.17, 15) is 4.79 Å². The summed E-state index contributed by atoms with van der Waals surface area (Å²) in [5.41, 5.74) is 2.01. The summed E-state index contributed by atoms with van der Waals surface area (Å²) in [6.45, 7) is 5.32. The molecule has 4 nitrogen and oxygen atoms in total. The molecule has 0 saturated heterocycles. The Labute approximate surface area is 102 Å². The van der Waals surface area contributed by atoms with Gasteiger partial charge in [-0.2, -0.15) is 0 Å². The number of rotatable bonds is 7. The fraction of sp³-hybridized carbons (Fsp3) is 0.538. The van der Waals surface area contributed by atoms with Gasteiger partial charge in [0.2, 0.25) is 5.91 Å². The van der Waals surface area contributed by atoms with E-state index in [-0.39, 0.29) is 12.5 Å². The van der Waals surface area contributed by atoms with Crippen LogP contribution in [0.4, 0.5) is 0 Å². The van der Waals surface area contributed by atoms with Crippen molar-refractivity contribution in [2.45, 2.75) is 33.2 Å². The zero-order valence-electron chi connectivity index (χ0n) is 10.5. The van der Waals surface area contributed by atoms with Crippen LogP contribution in [0.1, 0.15) is 31.0 Å². The van der Waals surface area contributed by atoms with Crippen molar-refractivity contribution in [1.82, 2.24) is 10.3 Å². The first-order chi connectivity index (χ1) is 8.22. The minimum atomic E-state index is -0.0931. The molecule has 1 amide bonds. The number of hydrogen-bond acceptors (Lipinski definition) is 3. The molecule has 0 spiro atoms. The molecule has 0 aliphatic heterocycles. The van der Waals surface area contributed by atoms with Crippen LogP contribution >= 0.6 is 0 Å². The molecular formula is C13H20N2O2. The molecule has 1 rings (SSSR count). The summed E-state index contributed by atoms with van der Waals surface area (Å²) in [6.07, 6.45) is 3.82. The number of amides is 1. The molecule has 0 fully saturated rings. The third-order valence-corrected chi connectivity index (χ3v) is 2.31. The minimum Gasteiger partial charge on any atom is -0.372 e. The van der Waals surface area contributed by atoms with Crippen LogP contribution < -0.4 is 5.32 Å². The van der Waals surface area contributed by atoms with Crippen LogP contribution in [0.25, 0.3) is 0 Å². The van der Waals surface area contributed by atoms with Gasteiger partial charge in [0, 0.05) is 12.8 Å². The quantitative estimate of drug-likeness (QED) is 0.735. The Hall–Kier alpha value is -1.42. The number of pyridine rings is 1. The fourth-order valence-corrected chi connectivity index (χ4v) is 1.35. The molecule has 0 saturated carbocycles. The predicted octanol–water partition coefficient (Wildman–Crippen LogP) is 1.82. The van der Waals surface area contributed by atoms with Crippen molar-refractivity contribution in [2.75, 3.05) is 13.2 Å². The van der Waals surface area contributed by atoms with Gasteiger partial charge in [0.05, 0.1) is 12.2 Å². The lowest BCUT2D eigenvalue weighted by molar-refractivity contribution is -0.125. The maximum Gasteiger partial charge on any atom is 0.246 e. The molecule has 0 aliphatic rings. The third-order valence-electron chi connectivity index (χ3n) is 2.31. The second kappa shape index (κ2) is 7.79. The standard InChI is InChI=1S/C13H20N2O2/c1-3-4-7-17-10-13(16)15-9-12-8-11(2)5-6-14-12/h5-6,8H,3-4,7,9-10H2,1-2H3,(H,15,16). The molecule has 17 heavy (non-hydrogen) atoms. The van der Waals surface area contributed by atoms with Crippen molar-refractivity contribution in [3.63, 3.8) is 0 Å². The SMILES string of the molecule is CCCCOCC(=O)NCc1cc(C)ccn1. The summed E-state index contributed by atoms with van der Waals surface area (Å²) in [4.78, 5) is 15.6. The van der Waals surface area contributed by atoms with Gasteiger partial charge in [-0.1, -0.05) is 13.3 Å². The van der Waals surface area contributed by atoms with Crippen LogP contribution in [0.5, 0.6) is 0 Å². The number of nitrogens with zero attached hydrogens (tertiary/aromatic N) is 1. The molecular weight excluding hydrogens is 216 g/mol. The Balaban J connectivity index is 2.19. The van der Waals surface area contributed by atoms with Crippen LogP contribution in [0.2, 0.25) is 0 Å². The van der Waals surface area contributed by atoms with Gasteiger partial charge < -0.3 is 10.1 Å². The second-order valence-corrected chi connectivity index (χ2v) is 4.01. The molecule has 0 radical (unpaired) electrons. The molecule has 94 valence electrons. The van der Waals surface area contributed by atoms with Gasteiger partial charge in [-0.25, -0.2) is 0 Å². The van der Waals surface area contributed by atoms with E-state index in [1.165, 1.54) is 0 Å². The van der Waals surface area contributed by atoms with Crippen LogP contribution in [-0.2, 0) is 16.1 Å². The third kappa shape index (κ3) is 6.02. The lowest BCUT2D eigenvalue weighted by atomic mass is 10.2. The van der Waals surface area contributed by atoms with Crippen molar-refractivity contribution < 1.29 is 9.53 Å². The first kappa shape index (κ1) is 13.6. The van der Waals surface area contributed by atoms with Crippen molar-refractivity contribution in [3.05, 3.63) is 29.6 Å². The number of nitrogens with one attached hydrogen (secondary N) is 1. The predicted molar refractivity (Wildman–Crippen MR) is 66.5 cm³/mol. The number of carbonyl (C=O) groups excluding carboxylic acids is 1. The summed E-state index contributed by atoms with van der Waals surface area (Å²) in [5, 5.41) is 2.78. The molecule has 1 aromatic rings. The van der Waals surface area contributed by atoms with E-state index in [0.717, 1.165) is 24.1 Å². The largest absolute Gasteiger partial charge is 0.372 e. The van der Waals surface area contributed by atoms with E-state index >= 15 is 0 Å². The van der Waals surface area contributed by atoms with Gasteiger partial charge in [0.25, 0.3) is 0 Å². The van der Waals surface area contributed by atoms with Crippen molar-refractivity contribution in [2.24, 2.45) is 0 Å². The van der Waals surface area contributed by atoms with Crippen molar-refractivity contribution >= 4 is 5.91 Å². The van der Waals surface area contributed by atoms with Gasteiger partial charge in [-0.05, 0) is 31.0 Å². The molecule has 1 N–H and O–H groups in total. The van der Waals surface area contributed by atoms with E-state index in [4.69, 9.17) is 4.74 Å². The van der Waals surface area contributed by atoms with E-state index in [2.05, 4.69) is 17.2 Å². The number of unbranched alkanes of at least 4 members (excludes halogenated alkanes) is 1. The number of hydrogen-bond donors (Lipinski definition) is 1. The lowest BCUT2D eigenvalue weighted by Crippen LogP contribution is -2.27. The maximum atomic E-state index is 11.4. The molecule has 0 aliphatic carbocycles. The molecule has 0 bridgehead atoms. The molecule has 0 atom stereocenters. The Kier molecular flexibility index (Phi) is 6.25. The number of carbonyl (C=O) groups is 1. The summed E-state index contributed by atoms with van der Waals surface area (Å²) < 4.78 is 5.22. The Bertz CT molecular complexity index is 353. The summed E-state index contributed by atoms with van der Waals surface area (Å²) in [6, 6.07) is 3.89. The number of aryl methyl sites for hydroxylation is 1. The zero-order chi connectivity index (χ0) is 12.5. The summed E-state index contributed by atoms with van der Waals surface area (Å²) in [5.74, 6) is -0.0931. The van der Waals surface area contributed by atoms with Crippen LogP contribution in [0, 0.1) is 6.92 Å². The van der Waals surface area contributed by atoms with Crippen LogP contribution in [-0.4, -0.2) is 24.1 Å². The highest BCUT2D eigenvalue weighted by molar-refractivity contribution is 5.77. The van der Waals surface area contributed by atoms with E-state index in [0.29, 0.717) is 13.2 Å². The van der Waals surface area contributed by atoms with Crippen LogP contribution in [0.3, 0.4) is 0 Å². The average Bonchev–Trinajstić information content (AvgIpc) is 2.32. The van der Waals surface area contributed by atoms with Gasteiger partial charge in [0.1, 0.15) is 6.61 Å². The molecule has 4 heteroatoms. The lowest BCUT2D eigenvalue weighted by Gasteiger charge is -2.06. The van der Waals surface area contributed by atoms with Gasteiger partial charge in [-0.3, -0.25) is 9.78 Å². The summed E-state index contributed by atoms with van der Waals surface area (Å²) in [7, 11) is 0. The first-order valence-electron chi connectivity index (χ1n) is 5.98. The Morgan fingerprint density at radius 2 is 2.35 bits per heavy atom. The Morgan fingerprint density at radius 1 is 1.53 bits per heavy atom. The van der Waals surface area contributed by atoms with Crippen molar-refractivity contribution in [1.29, 1.82) is 0 Å². The molecule has 1 heterocycles. The van der Waals surface area contributed by atoms with Gasteiger partial charge in [0.15, 0.2) is 0 Å². The first-order valence-corrected chi connectivity index (χ1v) is 5.98. The summed E-state index contributed by atoms with van der Waals surface area (Å²) >= 11 is 0. The average molecular weight is 236 g/mol. The van der Waals surface area contributed by atoms with E-state index < -0.39 is 0 Å². The van der Waals surface area contributed by atoms with Gasteiger partial charge in [-0.15, -0.1) is 0 Å². The maximum absolute atomic E-state index is 11.4. The molecule has 0 unspecified atom stereocenters. The fourth-order valence-electron chi connectivity index (χ4n) is 1.35. The highest BCUT2D eigenvalue weighted by Crippen LogP contribution is 1.99. The number of aromatic nitrogens is 1.